The molecule has 27 heavy (non-hydrogen) atoms. The van der Waals surface area contributed by atoms with Crippen molar-refractivity contribution in [2.75, 3.05) is 20.3 Å². The Balaban J connectivity index is 2.04. The van der Waals surface area contributed by atoms with Crippen LogP contribution in [0, 0.1) is 13.8 Å². The van der Waals surface area contributed by atoms with Crippen LogP contribution in [-0.4, -0.2) is 40.9 Å². The molecule has 0 saturated carbocycles. The molecular weight excluding hydrogens is 408 g/mol. The molecule has 3 rings (SSSR count). The first kappa shape index (κ1) is 19.3. The van der Waals surface area contributed by atoms with Crippen molar-refractivity contribution in [2.45, 2.75) is 13.8 Å². The van der Waals surface area contributed by atoms with Crippen molar-refractivity contribution < 1.29 is 9.53 Å². The van der Waals surface area contributed by atoms with Crippen LogP contribution in [0.15, 0.2) is 46.9 Å². The maximum absolute atomic E-state index is 12.4. The molecule has 3 aromatic rings. The van der Waals surface area contributed by atoms with Crippen LogP contribution in [0.25, 0.3) is 17.1 Å². The third-order valence-corrected chi connectivity index (χ3v) is 4.77. The zero-order valence-corrected chi connectivity index (χ0v) is 17.1. The quantitative estimate of drug-likeness (QED) is 0.607. The number of nitrogens with zero attached hydrogens (tertiary/aromatic N) is 3. The van der Waals surface area contributed by atoms with Gasteiger partial charge in [0.1, 0.15) is 0 Å². The molecular formula is C20H21BrN4O2. The second-order valence-electron chi connectivity index (χ2n) is 6.19. The largest absolute Gasteiger partial charge is 0.383 e. The Kier molecular flexibility index (Phi) is 6.03. The summed E-state index contributed by atoms with van der Waals surface area (Å²) >= 11 is 3.44. The van der Waals surface area contributed by atoms with E-state index in [4.69, 9.17) is 4.74 Å². The smallest absolute Gasteiger partial charge is 0.291 e. The highest BCUT2D eigenvalue weighted by atomic mass is 79.9. The lowest BCUT2D eigenvalue weighted by molar-refractivity contribution is 0.0927. The number of hydrogen-bond acceptors (Lipinski definition) is 4. The predicted octanol–water partition coefficient (Wildman–Crippen LogP) is 3.69. The van der Waals surface area contributed by atoms with Gasteiger partial charge in [-0.05, 0) is 49.2 Å². The number of rotatable bonds is 6. The first-order chi connectivity index (χ1) is 13.0. The van der Waals surface area contributed by atoms with E-state index in [0.29, 0.717) is 19.0 Å². The monoisotopic (exact) mass is 428 g/mol. The number of aryl methyl sites for hydroxylation is 2. The van der Waals surface area contributed by atoms with Gasteiger partial charge in [-0.2, -0.15) is 0 Å². The van der Waals surface area contributed by atoms with E-state index in [1.54, 1.807) is 11.8 Å². The van der Waals surface area contributed by atoms with E-state index >= 15 is 0 Å². The minimum Gasteiger partial charge on any atom is -0.383 e. The summed E-state index contributed by atoms with van der Waals surface area (Å²) in [7, 11) is 1.59. The number of methoxy groups -OCH3 is 1. The molecule has 0 aliphatic carbocycles. The van der Waals surface area contributed by atoms with Gasteiger partial charge in [0.25, 0.3) is 5.91 Å². The zero-order valence-electron chi connectivity index (χ0n) is 15.5. The summed E-state index contributed by atoms with van der Waals surface area (Å²) < 4.78 is 7.65. The maximum Gasteiger partial charge on any atom is 0.291 e. The van der Waals surface area contributed by atoms with Gasteiger partial charge in [0, 0.05) is 23.7 Å². The molecule has 1 amide bonds. The Bertz CT molecular complexity index is 951. The average molecular weight is 429 g/mol. The number of halogens is 1. The van der Waals surface area contributed by atoms with Crippen LogP contribution >= 0.6 is 15.9 Å². The summed E-state index contributed by atoms with van der Waals surface area (Å²) in [4.78, 5) is 16.9. The summed E-state index contributed by atoms with van der Waals surface area (Å²) in [5.74, 6) is 0.415. The van der Waals surface area contributed by atoms with Gasteiger partial charge in [0.15, 0.2) is 5.82 Å². The van der Waals surface area contributed by atoms with Crippen LogP contribution in [0.2, 0.25) is 0 Å². The Morgan fingerprint density at radius 1 is 1.15 bits per heavy atom. The highest BCUT2D eigenvalue weighted by Gasteiger charge is 2.18. The minimum absolute atomic E-state index is 0.127. The average Bonchev–Trinajstić information content (AvgIpc) is 3.10. The molecule has 1 heterocycles. The summed E-state index contributed by atoms with van der Waals surface area (Å²) in [6.45, 7) is 4.95. The number of amides is 1. The fourth-order valence-electron chi connectivity index (χ4n) is 2.58. The molecule has 140 valence electrons. The van der Waals surface area contributed by atoms with Crippen molar-refractivity contribution >= 4 is 21.8 Å². The Morgan fingerprint density at radius 3 is 2.56 bits per heavy atom. The second kappa shape index (κ2) is 8.45. The summed E-state index contributed by atoms with van der Waals surface area (Å²) in [5.41, 5.74) is 4.08. The molecule has 1 aromatic heterocycles. The van der Waals surface area contributed by atoms with E-state index in [9.17, 15) is 4.79 Å². The van der Waals surface area contributed by atoms with Gasteiger partial charge in [-0.1, -0.05) is 34.1 Å². The molecule has 0 spiro atoms. The lowest BCUT2D eigenvalue weighted by Crippen LogP contribution is -2.28. The Labute approximate surface area is 166 Å². The zero-order chi connectivity index (χ0) is 19.4. The summed E-state index contributed by atoms with van der Waals surface area (Å²) in [5, 5.41) is 7.23. The number of benzene rings is 2. The van der Waals surface area contributed by atoms with Crippen LogP contribution in [0.4, 0.5) is 0 Å². The Morgan fingerprint density at radius 2 is 1.89 bits per heavy atom. The normalized spacial score (nSPS) is 10.8. The maximum atomic E-state index is 12.4. The molecule has 0 radical (unpaired) electrons. The van der Waals surface area contributed by atoms with Crippen molar-refractivity contribution in [2.24, 2.45) is 0 Å². The molecule has 1 N–H and O–H groups in total. The summed E-state index contributed by atoms with van der Waals surface area (Å²) in [6.07, 6.45) is 0. The van der Waals surface area contributed by atoms with E-state index in [0.717, 1.165) is 21.3 Å². The van der Waals surface area contributed by atoms with Gasteiger partial charge < -0.3 is 10.1 Å². The van der Waals surface area contributed by atoms with E-state index in [1.165, 1.54) is 5.56 Å². The van der Waals surface area contributed by atoms with E-state index in [1.807, 2.05) is 49.4 Å². The molecule has 7 heteroatoms. The summed E-state index contributed by atoms with van der Waals surface area (Å²) in [6, 6.07) is 13.8. The topological polar surface area (TPSA) is 69.0 Å². The van der Waals surface area contributed by atoms with E-state index in [-0.39, 0.29) is 11.7 Å². The third-order valence-electron chi connectivity index (χ3n) is 4.24. The van der Waals surface area contributed by atoms with Crippen molar-refractivity contribution in [3.05, 3.63) is 63.9 Å². The lowest BCUT2D eigenvalue weighted by atomic mass is 10.1. The van der Waals surface area contributed by atoms with Gasteiger partial charge in [-0.25, -0.2) is 9.67 Å². The van der Waals surface area contributed by atoms with Crippen LogP contribution < -0.4 is 5.32 Å². The van der Waals surface area contributed by atoms with Crippen molar-refractivity contribution in [1.82, 2.24) is 20.1 Å². The first-order valence-electron chi connectivity index (χ1n) is 8.57. The molecule has 0 unspecified atom stereocenters. The fraction of sp³-hybridized carbons (Fsp3) is 0.250. The lowest BCUT2D eigenvalue weighted by Gasteiger charge is -2.08. The van der Waals surface area contributed by atoms with Gasteiger partial charge in [0.05, 0.1) is 12.3 Å². The molecule has 2 aromatic carbocycles. The number of carbonyl (C=O) groups is 1. The SMILES string of the molecule is COCCNC(=O)c1nc(-c2ccc(Br)cc2)n(-c2ccc(C)c(C)c2)n1. The molecule has 6 nitrogen and oxygen atoms in total. The van der Waals surface area contributed by atoms with E-state index < -0.39 is 0 Å². The predicted molar refractivity (Wildman–Crippen MR) is 108 cm³/mol. The molecule has 0 aliphatic rings. The Hall–Kier alpha value is -2.51. The number of aromatic nitrogens is 3. The van der Waals surface area contributed by atoms with Gasteiger partial charge in [0.2, 0.25) is 5.82 Å². The van der Waals surface area contributed by atoms with Crippen molar-refractivity contribution in [3.63, 3.8) is 0 Å². The van der Waals surface area contributed by atoms with Crippen molar-refractivity contribution in [3.8, 4) is 17.1 Å². The molecule has 0 aliphatic heterocycles. The minimum atomic E-state index is -0.326. The number of carbonyl (C=O) groups excluding carboxylic acids is 1. The van der Waals surface area contributed by atoms with E-state index in [2.05, 4.69) is 38.3 Å². The highest BCUT2D eigenvalue weighted by Crippen LogP contribution is 2.24. The van der Waals surface area contributed by atoms with Crippen LogP contribution in [0.5, 0.6) is 0 Å². The third kappa shape index (κ3) is 4.43. The molecule has 0 saturated heterocycles. The van der Waals surface area contributed by atoms with Crippen LogP contribution in [0.3, 0.4) is 0 Å². The second-order valence-corrected chi connectivity index (χ2v) is 7.11. The van der Waals surface area contributed by atoms with Crippen molar-refractivity contribution in [1.29, 1.82) is 0 Å². The van der Waals surface area contributed by atoms with Gasteiger partial charge >= 0.3 is 0 Å². The first-order valence-corrected chi connectivity index (χ1v) is 9.36. The van der Waals surface area contributed by atoms with Crippen LogP contribution in [0.1, 0.15) is 21.7 Å². The molecule has 0 atom stereocenters. The highest BCUT2D eigenvalue weighted by molar-refractivity contribution is 9.10. The number of ether oxygens (including phenoxy) is 1. The number of hydrogen-bond donors (Lipinski definition) is 1. The number of nitrogens with one attached hydrogen (secondary N) is 1. The van der Waals surface area contributed by atoms with Crippen LogP contribution in [-0.2, 0) is 4.74 Å². The van der Waals surface area contributed by atoms with Gasteiger partial charge in [-0.15, -0.1) is 5.10 Å². The molecule has 0 bridgehead atoms. The molecule has 0 fully saturated rings. The standard InChI is InChI=1S/C20H21BrN4O2/c1-13-4-9-17(12-14(13)2)25-19(15-5-7-16(21)8-6-15)23-18(24-25)20(26)22-10-11-27-3/h4-9,12H,10-11H2,1-3H3,(H,22,26). The fourth-order valence-corrected chi connectivity index (χ4v) is 2.84. The van der Waals surface area contributed by atoms with Gasteiger partial charge in [-0.3, -0.25) is 4.79 Å².